The number of halogens is 3. The molecule has 13 heteroatoms. The van der Waals surface area contributed by atoms with Gasteiger partial charge in [-0.25, -0.2) is 23.4 Å². The van der Waals surface area contributed by atoms with Crippen molar-refractivity contribution in [2.24, 2.45) is 0 Å². The van der Waals surface area contributed by atoms with Gasteiger partial charge in [-0.2, -0.15) is 0 Å². The number of nitrogens with zero attached hydrogens (tertiary/aromatic N) is 2. The normalized spacial score (nSPS) is 20.0. The summed E-state index contributed by atoms with van der Waals surface area (Å²) in [6.45, 7) is 0.141. The van der Waals surface area contributed by atoms with Crippen molar-refractivity contribution >= 4 is 41.1 Å². The Bertz CT molecular complexity index is 1530. The van der Waals surface area contributed by atoms with Gasteiger partial charge in [-0.1, -0.05) is 23.8 Å². The molecule has 2 aliphatic rings. The van der Waals surface area contributed by atoms with Crippen molar-refractivity contribution in [2.75, 3.05) is 24.3 Å². The number of hydrogen-bond acceptors (Lipinski definition) is 6. The lowest BCUT2D eigenvalue weighted by molar-refractivity contribution is -0.116. The summed E-state index contributed by atoms with van der Waals surface area (Å²) in [5, 5.41) is 5.18. The van der Waals surface area contributed by atoms with E-state index in [9.17, 15) is 23.2 Å². The molecule has 3 heterocycles. The number of carbonyl (C=O) groups is 3. The van der Waals surface area contributed by atoms with Gasteiger partial charge in [0.05, 0.1) is 35.1 Å². The molecule has 1 saturated heterocycles. The highest BCUT2D eigenvalue weighted by Gasteiger charge is 2.37. The number of rotatable bonds is 3. The first-order valence-electron chi connectivity index (χ1n) is 12.9. The summed E-state index contributed by atoms with van der Waals surface area (Å²) in [5.41, 5.74) is 1.52. The number of hydrogen-bond donors (Lipinski definition) is 3. The minimum absolute atomic E-state index is 0.130. The van der Waals surface area contributed by atoms with E-state index in [1.54, 1.807) is 24.4 Å². The number of cyclic esters (lactones) is 1. The van der Waals surface area contributed by atoms with Gasteiger partial charge >= 0.3 is 12.2 Å². The van der Waals surface area contributed by atoms with Crippen LogP contribution >= 0.6 is 11.6 Å². The molecular formula is C28H26ClF2N5O5. The average Bonchev–Trinajstić information content (AvgIpc) is 3.43. The second-order valence-corrected chi connectivity index (χ2v) is 9.88. The number of amides is 3. The average molecular weight is 586 g/mol. The zero-order chi connectivity index (χ0) is 29.1. The summed E-state index contributed by atoms with van der Waals surface area (Å²) in [5.74, 6) is -1.58. The van der Waals surface area contributed by atoms with Crippen molar-refractivity contribution in [1.29, 1.82) is 0 Å². The Labute approximate surface area is 238 Å². The number of fused-ring (bicyclic) bond motifs is 4. The van der Waals surface area contributed by atoms with Gasteiger partial charge in [-0.15, -0.1) is 0 Å². The van der Waals surface area contributed by atoms with Crippen molar-refractivity contribution in [1.82, 2.24) is 14.9 Å². The van der Waals surface area contributed by atoms with Crippen LogP contribution in [0.4, 0.5) is 29.7 Å². The summed E-state index contributed by atoms with van der Waals surface area (Å²) in [7, 11) is 1.25. The minimum atomic E-state index is -1.13. The predicted octanol–water partition coefficient (Wildman–Crippen LogP) is 6.49. The predicted molar refractivity (Wildman–Crippen MR) is 146 cm³/mol. The number of H-pyrrole nitrogens is 1. The molecule has 0 spiro atoms. The van der Waals surface area contributed by atoms with Crippen molar-refractivity contribution in [3.05, 3.63) is 76.7 Å². The van der Waals surface area contributed by atoms with Crippen LogP contribution < -0.4 is 10.6 Å². The third-order valence-electron chi connectivity index (χ3n) is 6.87. The maximum absolute atomic E-state index is 14.6. The second kappa shape index (κ2) is 12.0. The number of benzene rings is 2. The van der Waals surface area contributed by atoms with E-state index in [-0.39, 0.29) is 35.9 Å². The van der Waals surface area contributed by atoms with Crippen molar-refractivity contribution in [3.63, 3.8) is 0 Å². The van der Waals surface area contributed by atoms with Crippen LogP contribution in [0.2, 0.25) is 5.02 Å². The summed E-state index contributed by atoms with van der Waals surface area (Å²) in [6, 6.07) is 6.50. The van der Waals surface area contributed by atoms with Gasteiger partial charge in [0, 0.05) is 36.8 Å². The third kappa shape index (κ3) is 6.02. The fraction of sp³-hybridized carbons (Fsp3) is 0.286. The molecule has 0 aliphatic carbocycles. The highest BCUT2D eigenvalue weighted by atomic mass is 35.5. The second-order valence-electron chi connectivity index (χ2n) is 9.47. The lowest BCUT2D eigenvalue weighted by Gasteiger charge is -2.36. The zero-order valence-corrected chi connectivity index (χ0v) is 22.6. The first kappa shape index (κ1) is 28.1. The van der Waals surface area contributed by atoms with Crippen LogP contribution in [-0.4, -0.2) is 46.6 Å². The van der Waals surface area contributed by atoms with Gasteiger partial charge in [0.25, 0.3) is 0 Å². The first-order valence-corrected chi connectivity index (χ1v) is 13.2. The Kier molecular flexibility index (Phi) is 8.20. The van der Waals surface area contributed by atoms with Gasteiger partial charge < -0.3 is 19.8 Å². The number of nitrogens with one attached hydrogen (secondary N) is 3. The number of aromatic amines is 1. The lowest BCUT2D eigenvalue weighted by atomic mass is 10.0. The van der Waals surface area contributed by atoms with E-state index in [1.165, 1.54) is 12.0 Å². The molecule has 2 aromatic carbocycles. The Morgan fingerprint density at radius 2 is 2.05 bits per heavy atom. The molecule has 3 amide bonds. The highest BCUT2D eigenvalue weighted by Crippen LogP contribution is 2.38. The Morgan fingerprint density at radius 1 is 1.22 bits per heavy atom. The molecule has 5 rings (SSSR count). The Balaban J connectivity index is 1.44. The van der Waals surface area contributed by atoms with E-state index < -0.39 is 36.0 Å². The minimum Gasteiger partial charge on any atom is -0.453 e. The van der Waals surface area contributed by atoms with Crippen molar-refractivity contribution in [2.45, 2.75) is 37.8 Å². The van der Waals surface area contributed by atoms with E-state index in [2.05, 4.69) is 20.4 Å². The molecule has 0 radical (unpaired) electrons. The van der Waals surface area contributed by atoms with Crippen molar-refractivity contribution in [3.8, 4) is 11.3 Å². The largest absolute Gasteiger partial charge is 0.453 e. The van der Waals surface area contributed by atoms with Gasteiger partial charge in [-0.05, 0) is 43.2 Å². The number of anilines is 2. The summed E-state index contributed by atoms with van der Waals surface area (Å²) >= 11 is 5.84. The van der Waals surface area contributed by atoms with Crippen LogP contribution in [0, 0.1) is 11.6 Å². The molecule has 1 fully saturated rings. The monoisotopic (exact) mass is 585 g/mol. The fourth-order valence-electron chi connectivity index (χ4n) is 4.84. The van der Waals surface area contributed by atoms with Crippen molar-refractivity contribution < 1.29 is 32.6 Å². The Morgan fingerprint density at radius 3 is 2.83 bits per heavy atom. The van der Waals surface area contributed by atoms with Gasteiger partial charge in [-0.3, -0.25) is 15.0 Å². The molecule has 1 aromatic heterocycles. The molecule has 0 saturated carbocycles. The van der Waals surface area contributed by atoms with Crippen LogP contribution in [0.15, 0.2) is 48.7 Å². The van der Waals surface area contributed by atoms with Gasteiger partial charge in [0.15, 0.2) is 5.82 Å². The van der Waals surface area contributed by atoms with Crippen LogP contribution in [0.3, 0.4) is 0 Å². The number of allylic oxidation sites excluding steroid dienone is 1. The molecule has 3 aromatic rings. The van der Waals surface area contributed by atoms with E-state index in [1.807, 2.05) is 12.2 Å². The molecule has 41 heavy (non-hydrogen) atoms. The number of aromatic nitrogens is 2. The standard InChI is InChI=1S/C28H26ClF2N5O5/c1-40-27(38)33-15-7-8-16-19(13-15)34-23(37)6-4-2-3-5-21(26-32-14-20(16)35-26)36-12-11-22(41-28(36)39)24-18(30)10-9-17(29)25(24)31/h2-3,7-10,13-14,21-22H,4-6,11-12H2,1H3,(H,32,35)(H,33,38)(H,34,37)/b3-2+/t21-,22-/m0/s1. The van der Waals surface area contributed by atoms with E-state index >= 15 is 0 Å². The first-order chi connectivity index (χ1) is 19.7. The molecular weight excluding hydrogens is 560 g/mol. The number of methoxy groups -OCH3 is 1. The number of imidazole rings is 1. The van der Waals surface area contributed by atoms with Crippen LogP contribution in [-0.2, 0) is 14.3 Å². The molecule has 2 atom stereocenters. The summed E-state index contributed by atoms with van der Waals surface area (Å²) in [6.07, 6.45) is 3.90. The molecule has 214 valence electrons. The topological polar surface area (TPSA) is 126 Å². The third-order valence-corrected chi connectivity index (χ3v) is 7.16. The maximum atomic E-state index is 14.6. The van der Waals surface area contributed by atoms with E-state index in [0.717, 1.165) is 12.1 Å². The highest BCUT2D eigenvalue weighted by molar-refractivity contribution is 6.30. The van der Waals surface area contributed by atoms with Gasteiger partial charge in [0.2, 0.25) is 5.91 Å². The SMILES string of the molecule is COC(=O)Nc1ccc2c(c1)NC(=O)CC/C=C/C[C@H](N1CC[C@@H](c3c(F)ccc(Cl)c3F)OC1=O)c1nc-2c[nH]1. The molecule has 2 bridgehead atoms. The van der Waals surface area contributed by atoms with Crippen LogP contribution in [0.25, 0.3) is 11.3 Å². The van der Waals surface area contributed by atoms with Crippen LogP contribution in [0.1, 0.15) is 49.2 Å². The van der Waals surface area contributed by atoms with E-state index in [0.29, 0.717) is 41.3 Å². The molecule has 0 unspecified atom stereocenters. The lowest BCUT2D eigenvalue weighted by Crippen LogP contribution is -2.42. The Hall–Kier alpha value is -4.45. The van der Waals surface area contributed by atoms with E-state index in [4.69, 9.17) is 21.3 Å². The zero-order valence-electron chi connectivity index (χ0n) is 21.9. The number of carbonyl (C=O) groups excluding carboxylic acids is 3. The quantitative estimate of drug-likeness (QED) is 0.238. The molecule has 3 N–H and O–H groups in total. The summed E-state index contributed by atoms with van der Waals surface area (Å²) < 4.78 is 39.2. The number of ether oxygens (including phenoxy) is 2. The molecule has 10 nitrogen and oxygen atoms in total. The molecule has 2 aliphatic heterocycles. The van der Waals surface area contributed by atoms with Crippen LogP contribution in [0.5, 0.6) is 0 Å². The maximum Gasteiger partial charge on any atom is 0.411 e. The van der Waals surface area contributed by atoms with Gasteiger partial charge in [0.1, 0.15) is 17.7 Å². The fourth-order valence-corrected chi connectivity index (χ4v) is 5.00. The summed E-state index contributed by atoms with van der Waals surface area (Å²) in [4.78, 5) is 46.8. The smallest absolute Gasteiger partial charge is 0.411 e.